The molecule has 5 heteroatoms. The average Bonchev–Trinajstić information content (AvgIpc) is 2.53. The van der Waals surface area contributed by atoms with E-state index in [1.54, 1.807) is 12.4 Å². The van der Waals surface area contributed by atoms with Crippen LogP contribution in [-0.4, -0.2) is 20.2 Å². The second-order valence-corrected chi connectivity index (χ2v) is 2.92. The van der Waals surface area contributed by atoms with Gasteiger partial charge in [0.15, 0.2) is 0 Å². The predicted molar refractivity (Wildman–Crippen MR) is 48.4 cm³/mol. The molecule has 0 amide bonds. The molecule has 4 nitrogen and oxygen atoms in total. The number of nitrogens with one attached hydrogen (secondary N) is 1. The van der Waals surface area contributed by atoms with Crippen LogP contribution < -0.4 is 0 Å². The van der Waals surface area contributed by atoms with E-state index in [4.69, 9.17) is 11.6 Å². The van der Waals surface area contributed by atoms with Gasteiger partial charge < -0.3 is 0 Å². The third-order valence-corrected chi connectivity index (χ3v) is 1.79. The summed E-state index contributed by atoms with van der Waals surface area (Å²) in [4.78, 5) is 7.90. The molecule has 0 saturated carbocycles. The molecular weight excluding hydrogens is 188 g/mol. The minimum absolute atomic E-state index is 0.254. The molecule has 0 bridgehead atoms. The van der Waals surface area contributed by atoms with Crippen molar-refractivity contribution in [3.63, 3.8) is 0 Å². The highest BCUT2D eigenvalue weighted by Gasteiger charge is 2.00. The molecule has 0 aliphatic carbocycles. The SMILES string of the molecule is Clc1n[nH]c(Cc2ccncc2)n1. The van der Waals surface area contributed by atoms with Crippen molar-refractivity contribution in [3.05, 3.63) is 41.2 Å². The third kappa shape index (κ3) is 2.03. The molecule has 2 heterocycles. The maximum Gasteiger partial charge on any atom is 0.242 e. The van der Waals surface area contributed by atoms with Crippen molar-refractivity contribution in [3.8, 4) is 0 Å². The fourth-order valence-electron chi connectivity index (χ4n) is 1.05. The largest absolute Gasteiger partial charge is 0.265 e. The van der Waals surface area contributed by atoms with Crippen LogP contribution in [0.4, 0.5) is 0 Å². The fourth-order valence-corrected chi connectivity index (χ4v) is 1.19. The summed E-state index contributed by atoms with van der Waals surface area (Å²) in [5.41, 5.74) is 1.13. The first-order valence-electron chi connectivity index (χ1n) is 3.80. The Balaban J connectivity index is 2.15. The summed E-state index contributed by atoms with van der Waals surface area (Å²) >= 11 is 5.56. The molecule has 0 spiro atoms. The van der Waals surface area contributed by atoms with Gasteiger partial charge in [-0.1, -0.05) is 0 Å². The van der Waals surface area contributed by atoms with Crippen molar-refractivity contribution >= 4 is 11.6 Å². The Bertz CT molecular complexity index is 384. The van der Waals surface area contributed by atoms with E-state index < -0.39 is 0 Å². The standard InChI is InChI=1S/C8H7ClN4/c9-8-11-7(12-13-8)5-6-1-3-10-4-2-6/h1-4H,5H2,(H,11,12,13). The third-order valence-electron chi connectivity index (χ3n) is 1.63. The number of pyridine rings is 1. The summed E-state index contributed by atoms with van der Waals surface area (Å²) in [7, 11) is 0. The summed E-state index contributed by atoms with van der Waals surface area (Å²) in [6, 6.07) is 3.85. The van der Waals surface area contributed by atoms with Crippen molar-refractivity contribution in [2.75, 3.05) is 0 Å². The fraction of sp³-hybridized carbons (Fsp3) is 0.125. The van der Waals surface area contributed by atoms with E-state index in [9.17, 15) is 0 Å². The zero-order chi connectivity index (χ0) is 9.10. The molecule has 0 aliphatic rings. The highest BCUT2D eigenvalue weighted by Crippen LogP contribution is 2.05. The van der Waals surface area contributed by atoms with Gasteiger partial charge in [0.1, 0.15) is 5.82 Å². The zero-order valence-corrected chi connectivity index (χ0v) is 7.49. The lowest BCUT2D eigenvalue weighted by molar-refractivity contribution is 0.969. The molecule has 0 atom stereocenters. The van der Waals surface area contributed by atoms with E-state index in [2.05, 4.69) is 20.2 Å². The molecule has 0 saturated heterocycles. The maximum absolute atomic E-state index is 5.56. The van der Waals surface area contributed by atoms with E-state index in [1.807, 2.05) is 12.1 Å². The Labute approximate surface area is 80.0 Å². The number of hydrogen-bond acceptors (Lipinski definition) is 3. The molecule has 2 aromatic rings. The highest BCUT2D eigenvalue weighted by molar-refractivity contribution is 6.28. The summed E-state index contributed by atoms with van der Waals surface area (Å²) < 4.78 is 0. The summed E-state index contributed by atoms with van der Waals surface area (Å²) in [6.07, 6.45) is 4.18. The molecule has 2 rings (SSSR count). The van der Waals surface area contributed by atoms with E-state index in [-0.39, 0.29) is 5.28 Å². The molecule has 13 heavy (non-hydrogen) atoms. The number of nitrogens with zero attached hydrogens (tertiary/aromatic N) is 3. The molecule has 0 aliphatic heterocycles. The minimum atomic E-state index is 0.254. The molecule has 0 unspecified atom stereocenters. The summed E-state index contributed by atoms with van der Waals surface area (Å²) in [6.45, 7) is 0. The Morgan fingerprint density at radius 1 is 1.31 bits per heavy atom. The van der Waals surface area contributed by atoms with Crippen molar-refractivity contribution in [1.82, 2.24) is 20.2 Å². The number of halogens is 1. The van der Waals surface area contributed by atoms with Crippen molar-refractivity contribution in [2.45, 2.75) is 6.42 Å². The Hall–Kier alpha value is -1.42. The van der Waals surface area contributed by atoms with E-state index in [0.29, 0.717) is 6.42 Å². The number of aromatic nitrogens is 4. The minimum Gasteiger partial charge on any atom is -0.265 e. The van der Waals surface area contributed by atoms with Gasteiger partial charge in [0.25, 0.3) is 0 Å². The van der Waals surface area contributed by atoms with Crippen LogP contribution in [0, 0.1) is 0 Å². The average molecular weight is 195 g/mol. The molecule has 0 aromatic carbocycles. The lowest BCUT2D eigenvalue weighted by Gasteiger charge is -1.94. The van der Waals surface area contributed by atoms with Crippen molar-refractivity contribution < 1.29 is 0 Å². The Kier molecular flexibility index (Phi) is 2.23. The summed E-state index contributed by atoms with van der Waals surface area (Å²) in [5, 5.41) is 6.72. The van der Waals surface area contributed by atoms with Crippen LogP contribution in [0.1, 0.15) is 11.4 Å². The zero-order valence-electron chi connectivity index (χ0n) is 6.74. The second kappa shape index (κ2) is 3.53. The van der Waals surface area contributed by atoms with Gasteiger partial charge in [-0.2, -0.15) is 0 Å². The highest BCUT2D eigenvalue weighted by atomic mass is 35.5. The van der Waals surface area contributed by atoms with Gasteiger partial charge >= 0.3 is 0 Å². The number of H-pyrrole nitrogens is 1. The smallest absolute Gasteiger partial charge is 0.242 e. The molecule has 0 radical (unpaired) electrons. The second-order valence-electron chi connectivity index (χ2n) is 2.58. The summed E-state index contributed by atoms with van der Waals surface area (Å²) in [5.74, 6) is 0.760. The van der Waals surface area contributed by atoms with E-state index >= 15 is 0 Å². The van der Waals surface area contributed by atoms with Crippen LogP contribution in [-0.2, 0) is 6.42 Å². The topological polar surface area (TPSA) is 54.5 Å². The van der Waals surface area contributed by atoms with Gasteiger partial charge in [0, 0.05) is 18.8 Å². The van der Waals surface area contributed by atoms with Gasteiger partial charge in [-0.25, -0.2) is 4.98 Å². The number of aromatic amines is 1. The van der Waals surface area contributed by atoms with Crippen LogP contribution in [0.2, 0.25) is 5.28 Å². The Morgan fingerprint density at radius 2 is 2.08 bits per heavy atom. The normalized spacial score (nSPS) is 10.2. The van der Waals surface area contributed by atoms with E-state index in [1.165, 1.54) is 0 Å². The first-order valence-corrected chi connectivity index (χ1v) is 4.18. The van der Waals surface area contributed by atoms with Crippen LogP contribution in [0.5, 0.6) is 0 Å². The van der Waals surface area contributed by atoms with Crippen LogP contribution in [0.3, 0.4) is 0 Å². The Morgan fingerprint density at radius 3 is 2.69 bits per heavy atom. The molecule has 0 fully saturated rings. The van der Waals surface area contributed by atoms with Crippen molar-refractivity contribution in [2.24, 2.45) is 0 Å². The van der Waals surface area contributed by atoms with Crippen LogP contribution >= 0.6 is 11.6 Å². The lowest BCUT2D eigenvalue weighted by Crippen LogP contribution is -1.90. The van der Waals surface area contributed by atoms with E-state index in [0.717, 1.165) is 11.4 Å². The molecule has 2 aromatic heterocycles. The monoisotopic (exact) mass is 194 g/mol. The lowest BCUT2D eigenvalue weighted by atomic mass is 10.2. The number of hydrogen-bond donors (Lipinski definition) is 1. The first-order chi connectivity index (χ1) is 6.34. The van der Waals surface area contributed by atoms with Crippen LogP contribution in [0.15, 0.2) is 24.5 Å². The molecule has 1 N–H and O–H groups in total. The molecular formula is C8H7ClN4. The maximum atomic E-state index is 5.56. The quantitative estimate of drug-likeness (QED) is 0.787. The first kappa shape index (κ1) is 8.19. The number of rotatable bonds is 2. The van der Waals surface area contributed by atoms with Crippen molar-refractivity contribution in [1.29, 1.82) is 0 Å². The van der Waals surface area contributed by atoms with Crippen LogP contribution in [0.25, 0.3) is 0 Å². The van der Waals surface area contributed by atoms with Gasteiger partial charge in [0.05, 0.1) is 0 Å². The van der Waals surface area contributed by atoms with Gasteiger partial charge in [-0.3, -0.25) is 10.1 Å². The van der Waals surface area contributed by atoms with Gasteiger partial charge in [-0.05, 0) is 29.3 Å². The van der Waals surface area contributed by atoms with Gasteiger partial charge in [-0.15, -0.1) is 5.10 Å². The molecule has 66 valence electrons. The predicted octanol–water partition coefficient (Wildman–Crippen LogP) is 1.44. The van der Waals surface area contributed by atoms with Gasteiger partial charge in [0.2, 0.25) is 5.28 Å².